The zero-order chi connectivity index (χ0) is 11.8. The SMILES string of the molecule is O=C1c2ccc(Br)cc2COc2ccccc21. The molecular formula is C14H9BrO2. The van der Waals surface area contributed by atoms with Crippen LogP contribution < -0.4 is 4.74 Å². The molecule has 1 aliphatic heterocycles. The van der Waals surface area contributed by atoms with E-state index in [4.69, 9.17) is 4.74 Å². The highest BCUT2D eigenvalue weighted by atomic mass is 79.9. The van der Waals surface area contributed by atoms with E-state index in [9.17, 15) is 4.79 Å². The number of benzene rings is 2. The Hall–Kier alpha value is -1.61. The highest BCUT2D eigenvalue weighted by Crippen LogP contribution is 2.29. The number of rotatable bonds is 0. The monoisotopic (exact) mass is 288 g/mol. The summed E-state index contributed by atoms with van der Waals surface area (Å²) in [4.78, 5) is 12.3. The van der Waals surface area contributed by atoms with Gasteiger partial charge in [-0.1, -0.05) is 28.1 Å². The number of carbonyl (C=O) groups is 1. The molecule has 0 amide bonds. The van der Waals surface area contributed by atoms with Crippen LogP contribution in [0.1, 0.15) is 21.5 Å². The molecule has 0 unspecified atom stereocenters. The lowest BCUT2D eigenvalue weighted by Crippen LogP contribution is -2.02. The molecular weight excluding hydrogens is 280 g/mol. The van der Waals surface area contributed by atoms with Crippen LogP contribution in [0.3, 0.4) is 0 Å². The van der Waals surface area contributed by atoms with Gasteiger partial charge in [-0.25, -0.2) is 0 Å². The van der Waals surface area contributed by atoms with Gasteiger partial charge in [0, 0.05) is 15.6 Å². The van der Waals surface area contributed by atoms with E-state index < -0.39 is 0 Å². The minimum atomic E-state index is 0.0283. The molecule has 0 saturated carbocycles. The molecule has 2 aromatic carbocycles. The van der Waals surface area contributed by atoms with Gasteiger partial charge in [-0.05, 0) is 30.3 Å². The van der Waals surface area contributed by atoms with E-state index in [1.165, 1.54) is 0 Å². The zero-order valence-electron chi connectivity index (χ0n) is 8.94. The first-order chi connectivity index (χ1) is 8.25. The Labute approximate surface area is 107 Å². The average molecular weight is 289 g/mol. The Morgan fingerprint density at radius 1 is 1.06 bits per heavy atom. The Balaban J connectivity index is 2.20. The second-order valence-corrected chi connectivity index (χ2v) is 4.83. The van der Waals surface area contributed by atoms with Crippen molar-refractivity contribution in [1.82, 2.24) is 0 Å². The van der Waals surface area contributed by atoms with Crippen LogP contribution in [0.4, 0.5) is 0 Å². The predicted molar refractivity (Wildman–Crippen MR) is 68.3 cm³/mol. The second-order valence-electron chi connectivity index (χ2n) is 3.92. The fraction of sp³-hybridized carbons (Fsp3) is 0.0714. The van der Waals surface area contributed by atoms with Gasteiger partial charge in [0.1, 0.15) is 12.4 Å². The summed E-state index contributed by atoms with van der Waals surface area (Å²) in [6.45, 7) is 0.428. The van der Waals surface area contributed by atoms with Crippen molar-refractivity contribution in [2.75, 3.05) is 0 Å². The van der Waals surface area contributed by atoms with Crippen molar-refractivity contribution in [3.63, 3.8) is 0 Å². The fourth-order valence-electron chi connectivity index (χ4n) is 1.98. The first-order valence-corrected chi connectivity index (χ1v) is 6.10. The number of para-hydroxylation sites is 1. The normalized spacial score (nSPS) is 13.4. The number of hydrogen-bond donors (Lipinski definition) is 0. The maximum Gasteiger partial charge on any atom is 0.197 e. The second kappa shape index (κ2) is 4.00. The van der Waals surface area contributed by atoms with Gasteiger partial charge in [0.25, 0.3) is 0 Å². The maximum atomic E-state index is 12.3. The summed E-state index contributed by atoms with van der Waals surface area (Å²) in [7, 11) is 0. The molecule has 3 rings (SSSR count). The molecule has 0 aliphatic carbocycles. The van der Waals surface area contributed by atoms with E-state index in [0.29, 0.717) is 17.9 Å². The first-order valence-electron chi connectivity index (χ1n) is 5.30. The summed E-state index contributed by atoms with van der Waals surface area (Å²) < 4.78 is 6.62. The van der Waals surface area contributed by atoms with Crippen molar-refractivity contribution in [3.8, 4) is 5.75 Å². The van der Waals surface area contributed by atoms with Crippen LogP contribution in [-0.2, 0) is 6.61 Å². The molecule has 84 valence electrons. The molecule has 2 aromatic rings. The van der Waals surface area contributed by atoms with Gasteiger partial charge >= 0.3 is 0 Å². The van der Waals surface area contributed by atoms with Crippen LogP contribution in [-0.4, -0.2) is 5.78 Å². The van der Waals surface area contributed by atoms with Crippen molar-refractivity contribution in [2.45, 2.75) is 6.61 Å². The molecule has 0 bridgehead atoms. The largest absolute Gasteiger partial charge is 0.488 e. The summed E-state index contributed by atoms with van der Waals surface area (Å²) in [5.74, 6) is 0.686. The smallest absolute Gasteiger partial charge is 0.197 e. The van der Waals surface area contributed by atoms with E-state index in [1.807, 2.05) is 36.4 Å². The lowest BCUT2D eigenvalue weighted by atomic mass is 9.99. The molecule has 0 aromatic heterocycles. The van der Waals surface area contributed by atoms with Crippen LogP contribution >= 0.6 is 15.9 Å². The van der Waals surface area contributed by atoms with Crippen molar-refractivity contribution < 1.29 is 9.53 Å². The molecule has 0 atom stereocenters. The Kier molecular flexibility index (Phi) is 2.48. The third-order valence-electron chi connectivity index (χ3n) is 2.83. The van der Waals surface area contributed by atoms with Crippen molar-refractivity contribution in [2.24, 2.45) is 0 Å². The van der Waals surface area contributed by atoms with Gasteiger partial charge < -0.3 is 4.74 Å². The minimum Gasteiger partial charge on any atom is -0.488 e. The lowest BCUT2D eigenvalue weighted by Gasteiger charge is -2.04. The number of hydrogen-bond acceptors (Lipinski definition) is 2. The van der Waals surface area contributed by atoms with E-state index in [-0.39, 0.29) is 5.78 Å². The van der Waals surface area contributed by atoms with E-state index in [2.05, 4.69) is 15.9 Å². The Bertz CT molecular complexity index is 605. The molecule has 0 spiro atoms. The first kappa shape index (κ1) is 10.5. The molecule has 0 N–H and O–H groups in total. The number of ether oxygens (including phenoxy) is 1. The molecule has 17 heavy (non-hydrogen) atoms. The molecule has 0 saturated heterocycles. The molecule has 1 aliphatic rings. The number of ketones is 1. The van der Waals surface area contributed by atoms with Gasteiger partial charge in [-0.15, -0.1) is 0 Å². The molecule has 3 heteroatoms. The minimum absolute atomic E-state index is 0.0283. The third-order valence-corrected chi connectivity index (χ3v) is 3.32. The van der Waals surface area contributed by atoms with Gasteiger partial charge in [0.05, 0.1) is 5.56 Å². The van der Waals surface area contributed by atoms with E-state index >= 15 is 0 Å². The summed E-state index contributed by atoms with van der Waals surface area (Å²) >= 11 is 3.40. The highest BCUT2D eigenvalue weighted by Gasteiger charge is 2.21. The van der Waals surface area contributed by atoms with E-state index in [0.717, 1.165) is 15.6 Å². The molecule has 1 heterocycles. The highest BCUT2D eigenvalue weighted by molar-refractivity contribution is 9.10. The van der Waals surface area contributed by atoms with Crippen LogP contribution in [0.2, 0.25) is 0 Å². The molecule has 0 radical (unpaired) electrons. The standard InChI is InChI=1S/C14H9BrO2/c15-10-5-6-11-9(7-10)8-17-13-4-2-1-3-12(13)14(11)16/h1-7H,8H2. The summed E-state index contributed by atoms with van der Waals surface area (Å²) in [6, 6.07) is 13.0. The summed E-state index contributed by atoms with van der Waals surface area (Å²) in [6.07, 6.45) is 0. The molecule has 2 nitrogen and oxygen atoms in total. The quantitative estimate of drug-likeness (QED) is 0.741. The molecule has 0 fully saturated rings. The number of fused-ring (bicyclic) bond motifs is 2. The average Bonchev–Trinajstić information content (AvgIpc) is 2.48. The van der Waals surface area contributed by atoms with Crippen molar-refractivity contribution in [1.29, 1.82) is 0 Å². The number of carbonyl (C=O) groups excluding carboxylic acids is 1. The van der Waals surface area contributed by atoms with Crippen molar-refractivity contribution in [3.05, 3.63) is 63.6 Å². The summed E-state index contributed by atoms with van der Waals surface area (Å²) in [5.41, 5.74) is 2.27. The fourth-order valence-corrected chi connectivity index (χ4v) is 2.39. The topological polar surface area (TPSA) is 26.3 Å². The Morgan fingerprint density at radius 2 is 1.88 bits per heavy atom. The zero-order valence-corrected chi connectivity index (χ0v) is 10.5. The van der Waals surface area contributed by atoms with Gasteiger partial charge in [-0.2, -0.15) is 0 Å². The van der Waals surface area contributed by atoms with Gasteiger partial charge in [0.2, 0.25) is 0 Å². The van der Waals surface area contributed by atoms with E-state index in [1.54, 1.807) is 6.07 Å². The van der Waals surface area contributed by atoms with Crippen LogP contribution in [0.15, 0.2) is 46.9 Å². The third kappa shape index (κ3) is 1.76. The lowest BCUT2D eigenvalue weighted by molar-refractivity contribution is 0.103. The summed E-state index contributed by atoms with van der Waals surface area (Å²) in [5, 5.41) is 0. The van der Waals surface area contributed by atoms with Crippen LogP contribution in [0.5, 0.6) is 5.75 Å². The van der Waals surface area contributed by atoms with Crippen LogP contribution in [0, 0.1) is 0 Å². The maximum absolute atomic E-state index is 12.3. The van der Waals surface area contributed by atoms with Crippen LogP contribution in [0.25, 0.3) is 0 Å². The Morgan fingerprint density at radius 3 is 2.76 bits per heavy atom. The predicted octanol–water partition coefficient (Wildman–Crippen LogP) is 3.57. The van der Waals surface area contributed by atoms with Gasteiger partial charge in [0.15, 0.2) is 5.78 Å². The van der Waals surface area contributed by atoms with Crippen molar-refractivity contribution >= 4 is 21.7 Å². The van der Waals surface area contributed by atoms with Gasteiger partial charge in [-0.3, -0.25) is 4.79 Å². The number of halogens is 1.